The van der Waals surface area contributed by atoms with E-state index in [1.165, 1.54) is 12.4 Å². The van der Waals surface area contributed by atoms with E-state index in [4.69, 9.17) is 0 Å². The number of hydrogen-bond acceptors (Lipinski definition) is 5. The molecule has 1 aliphatic heterocycles. The van der Waals surface area contributed by atoms with Gasteiger partial charge in [-0.3, -0.25) is 19.5 Å². The number of thiophene rings is 1. The van der Waals surface area contributed by atoms with E-state index >= 15 is 0 Å². The van der Waals surface area contributed by atoms with Crippen LogP contribution in [0.2, 0.25) is 0 Å². The zero-order valence-electron chi connectivity index (χ0n) is 14.2. The molecule has 5 nitrogen and oxygen atoms in total. The Labute approximate surface area is 162 Å². The van der Waals surface area contributed by atoms with E-state index in [0.717, 1.165) is 28.4 Å². The van der Waals surface area contributed by atoms with Crippen LogP contribution in [0.1, 0.15) is 21.3 Å². The summed E-state index contributed by atoms with van der Waals surface area (Å²) in [7, 11) is 0. The van der Waals surface area contributed by atoms with Gasteiger partial charge in [-0.25, -0.2) is 8.78 Å². The molecule has 3 aromatic rings. The number of carbonyl (C=O) groups is 2. The Kier molecular flexibility index (Phi) is 4.48. The van der Waals surface area contributed by atoms with Crippen molar-refractivity contribution >= 4 is 28.7 Å². The summed E-state index contributed by atoms with van der Waals surface area (Å²) < 4.78 is 27.8. The summed E-state index contributed by atoms with van der Waals surface area (Å²) in [6.45, 7) is 0. The normalized spacial score (nSPS) is 16.7. The quantitative estimate of drug-likeness (QED) is 0.669. The van der Waals surface area contributed by atoms with Gasteiger partial charge in [-0.2, -0.15) is 0 Å². The number of carbonyl (C=O) groups excluding carboxylic acids is 2. The van der Waals surface area contributed by atoms with Crippen LogP contribution in [0, 0.1) is 11.6 Å². The van der Waals surface area contributed by atoms with Gasteiger partial charge in [0.2, 0.25) is 5.78 Å². The fourth-order valence-corrected chi connectivity index (χ4v) is 3.84. The van der Waals surface area contributed by atoms with Crippen LogP contribution in [0.3, 0.4) is 0 Å². The predicted octanol–water partition coefficient (Wildman–Crippen LogP) is 4.20. The lowest BCUT2D eigenvalue weighted by Crippen LogP contribution is -2.31. The second-order valence-electron chi connectivity index (χ2n) is 6.02. The minimum absolute atomic E-state index is 0.164. The molecule has 2 aromatic heterocycles. The highest BCUT2D eigenvalue weighted by Gasteiger charge is 2.45. The van der Waals surface area contributed by atoms with Crippen molar-refractivity contribution in [3.8, 4) is 0 Å². The highest BCUT2D eigenvalue weighted by Crippen LogP contribution is 2.42. The summed E-state index contributed by atoms with van der Waals surface area (Å²) in [6, 6.07) is 8.04. The number of halogens is 2. The Balaban J connectivity index is 1.90. The van der Waals surface area contributed by atoms with E-state index in [2.05, 4.69) is 4.98 Å². The van der Waals surface area contributed by atoms with Crippen LogP contribution in [0.15, 0.2) is 71.6 Å². The maximum Gasteiger partial charge on any atom is 0.294 e. The molecule has 0 aliphatic carbocycles. The second-order valence-corrected chi connectivity index (χ2v) is 6.97. The maximum atomic E-state index is 14.5. The highest BCUT2D eigenvalue weighted by molar-refractivity contribution is 7.12. The molecule has 1 N–H and O–H groups in total. The van der Waals surface area contributed by atoms with E-state index in [9.17, 15) is 23.5 Å². The number of benzene rings is 1. The summed E-state index contributed by atoms with van der Waals surface area (Å²) >= 11 is 1.16. The van der Waals surface area contributed by atoms with Crippen LogP contribution in [-0.4, -0.2) is 21.8 Å². The zero-order chi connectivity index (χ0) is 19.8. The summed E-state index contributed by atoms with van der Waals surface area (Å²) in [4.78, 5) is 31.0. The monoisotopic (exact) mass is 398 g/mol. The van der Waals surface area contributed by atoms with Crippen molar-refractivity contribution < 1.29 is 23.5 Å². The molecule has 28 heavy (non-hydrogen) atoms. The number of amides is 1. The Morgan fingerprint density at radius 2 is 1.89 bits per heavy atom. The van der Waals surface area contributed by atoms with Crippen LogP contribution >= 0.6 is 11.3 Å². The highest BCUT2D eigenvalue weighted by atomic mass is 32.1. The van der Waals surface area contributed by atoms with Crippen LogP contribution in [0.5, 0.6) is 0 Å². The fourth-order valence-electron chi connectivity index (χ4n) is 3.16. The maximum absolute atomic E-state index is 14.5. The third-order valence-corrected chi connectivity index (χ3v) is 5.26. The third-order valence-electron chi connectivity index (χ3n) is 4.39. The molecule has 140 valence electrons. The standard InChI is InChI=1S/C20H12F2N2O3S/c21-12-3-4-14(13(22)10-12)24-17(11-5-7-23-8-6-11)16(19(26)20(24)27)18(25)15-2-1-9-28-15/h1-10,17,26H. The van der Waals surface area contributed by atoms with E-state index in [1.807, 2.05) is 0 Å². The summed E-state index contributed by atoms with van der Waals surface area (Å²) in [6.07, 6.45) is 2.92. The number of nitrogens with zero attached hydrogens (tertiary/aromatic N) is 2. The molecular formula is C20H12F2N2O3S. The van der Waals surface area contributed by atoms with Crippen molar-refractivity contribution in [1.82, 2.24) is 4.98 Å². The predicted molar refractivity (Wildman–Crippen MR) is 99.1 cm³/mol. The number of aliphatic hydroxyl groups is 1. The molecule has 0 radical (unpaired) electrons. The Hall–Kier alpha value is -3.39. The van der Waals surface area contributed by atoms with Crippen molar-refractivity contribution in [3.05, 3.63) is 93.6 Å². The molecule has 0 saturated heterocycles. The lowest BCUT2D eigenvalue weighted by molar-refractivity contribution is -0.117. The summed E-state index contributed by atoms with van der Waals surface area (Å²) in [5.41, 5.74) is 0.0483. The van der Waals surface area contributed by atoms with Gasteiger partial charge in [-0.15, -0.1) is 11.3 Å². The van der Waals surface area contributed by atoms with Gasteiger partial charge in [-0.05, 0) is 41.3 Å². The van der Waals surface area contributed by atoms with E-state index in [1.54, 1.807) is 29.6 Å². The van der Waals surface area contributed by atoms with E-state index in [-0.39, 0.29) is 11.3 Å². The first-order valence-electron chi connectivity index (χ1n) is 8.19. The molecule has 0 saturated carbocycles. The molecule has 0 fully saturated rings. The molecule has 1 aromatic carbocycles. The number of hydrogen-bond donors (Lipinski definition) is 1. The largest absolute Gasteiger partial charge is 0.503 e. The first-order chi connectivity index (χ1) is 13.5. The topological polar surface area (TPSA) is 70.5 Å². The molecule has 1 amide bonds. The SMILES string of the molecule is O=C(C1=C(O)C(=O)N(c2ccc(F)cc2F)C1c1ccncc1)c1cccs1. The van der Waals surface area contributed by atoms with Gasteiger partial charge in [0.05, 0.1) is 22.2 Å². The van der Waals surface area contributed by atoms with Gasteiger partial charge in [0, 0.05) is 18.5 Å². The van der Waals surface area contributed by atoms with Crippen LogP contribution < -0.4 is 4.90 Å². The number of Topliss-reactive ketones (excluding diaryl/α,β-unsaturated/α-hetero) is 1. The lowest BCUT2D eigenvalue weighted by Gasteiger charge is -2.27. The van der Waals surface area contributed by atoms with Gasteiger partial charge < -0.3 is 5.11 Å². The number of pyridine rings is 1. The first-order valence-corrected chi connectivity index (χ1v) is 9.07. The van der Waals surface area contributed by atoms with Gasteiger partial charge in [-0.1, -0.05) is 6.07 Å². The van der Waals surface area contributed by atoms with E-state index in [0.29, 0.717) is 16.5 Å². The van der Waals surface area contributed by atoms with Crippen molar-refractivity contribution in [1.29, 1.82) is 0 Å². The molecule has 0 bridgehead atoms. The van der Waals surface area contributed by atoms with Crippen LogP contribution in [-0.2, 0) is 4.79 Å². The molecule has 1 aliphatic rings. The van der Waals surface area contributed by atoms with Crippen molar-refractivity contribution in [2.45, 2.75) is 6.04 Å². The minimum Gasteiger partial charge on any atom is -0.503 e. The Morgan fingerprint density at radius 3 is 2.54 bits per heavy atom. The second kappa shape index (κ2) is 6.97. The summed E-state index contributed by atoms with van der Waals surface area (Å²) in [5, 5.41) is 12.2. The molecule has 1 unspecified atom stereocenters. The average molecular weight is 398 g/mol. The fraction of sp³-hybridized carbons (Fsp3) is 0.0500. The van der Waals surface area contributed by atoms with Gasteiger partial charge in [0.25, 0.3) is 5.91 Å². The number of rotatable bonds is 4. The molecule has 3 heterocycles. The number of aliphatic hydroxyl groups excluding tert-OH is 1. The molecule has 4 rings (SSSR count). The number of ketones is 1. The average Bonchev–Trinajstić information content (AvgIpc) is 3.31. The smallest absolute Gasteiger partial charge is 0.294 e. The molecule has 0 spiro atoms. The van der Waals surface area contributed by atoms with Crippen molar-refractivity contribution in [2.24, 2.45) is 0 Å². The van der Waals surface area contributed by atoms with Crippen molar-refractivity contribution in [3.63, 3.8) is 0 Å². The van der Waals surface area contributed by atoms with Crippen molar-refractivity contribution in [2.75, 3.05) is 4.90 Å². The zero-order valence-corrected chi connectivity index (χ0v) is 15.0. The Morgan fingerprint density at radius 1 is 1.14 bits per heavy atom. The Bertz CT molecular complexity index is 1100. The summed E-state index contributed by atoms with van der Waals surface area (Å²) in [5.74, 6) is -4.02. The van der Waals surface area contributed by atoms with Gasteiger partial charge in [0.1, 0.15) is 11.6 Å². The molecule has 1 atom stereocenters. The number of anilines is 1. The van der Waals surface area contributed by atoms with Crippen LogP contribution in [0.4, 0.5) is 14.5 Å². The number of aromatic nitrogens is 1. The van der Waals surface area contributed by atoms with Gasteiger partial charge >= 0.3 is 0 Å². The first kappa shape index (κ1) is 18.0. The molecular weight excluding hydrogens is 386 g/mol. The minimum atomic E-state index is -1.08. The lowest BCUT2D eigenvalue weighted by atomic mass is 9.96. The third kappa shape index (κ3) is 2.87. The molecule has 8 heteroatoms. The van der Waals surface area contributed by atoms with E-state index < -0.39 is 35.1 Å². The van der Waals surface area contributed by atoms with Crippen LogP contribution in [0.25, 0.3) is 0 Å². The van der Waals surface area contributed by atoms with Gasteiger partial charge in [0.15, 0.2) is 5.76 Å².